The molecular weight excluding hydrogens is 264 g/mol. The Labute approximate surface area is 125 Å². The van der Waals surface area contributed by atoms with Crippen molar-refractivity contribution in [1.82, 2.24) is 4.90 Å². The minimum atomic E-state index is -0.0736. The maximum Gasteiger partial charge on any atom is 0.254 e. The van der Waals surface area contributed by atoms with Crippen LogP contribution in [0.4, 0.5) is 5.69 Å². The molecule has 0 fully saturated rings. The first-order valence-corrected chi connectivity index (χ1v) is 6.96. The molecule has 2 aromatic rings. The van der Waals surface area contributed by atoms with Crippen molar-refractivity contribution in [2.75, 3.05) is 25.5 Å². The van der Waals surface area contributed by atoms with Crippen LogP contribution in [0.5, 0.6) is 0 Å². The second-order valence-electron chi connectivity index (χ2n) is 4.76. The molecule has 0 heterocycles. The summed E-state index contributed by atoms with van der Waals surface area (Å²) < 4.78 is 0. The molecule has 110 valence electrons. The molecule has 0 aromatic heterocycles. The third-order valence-corrected chi connectivity index (χ3v) is 3.29. The first-order valence-electron chi connectivity index (χ1n) is 6.96. The van der Waals surface area contributed by atoms with E-state index in [1.165, 1.54) is 0 Å². The Morgan fingerprint density at radius 1 is 1.10 bits per heavy atom. The van der Waals surface area contributed by atoms with E-state index < -0.39 is 0 Å². The van der Waals surface area contributed by atoms with Gasteiger partial charge in [0, 0.05) is 31.4 Å². The smallest absolute Gasteiger partial charge is 0.254 e. The van der Waals surface area contributed by atoms with Crippen LogP contribution in [0.1, 0.15) is 15.9 Å². The van der Waals surface area contributed by atoms with Crippen molar-refractivity contribution in [3.8, 4) is 0 Å². The first-order chi connectivity index (χ1) is 10.2. The summed E-state index contributed by atoms with van der Waals surface area (Å²) in [7, 11) is 1.84. The largest absolute Gasteiger partial charge is 0.395 e. The van der Waals surface area contributed by atoms with Gasteiger partial charge in [0.25, 0.3) is 5.91 Å². The van der Waals surface area contributed by atoms with Gasteiger partial charge in [0.05, 0.1) is 6.61 Å². The number of carbonyl (C=O) groups excluding carboxylic acids is 1. The Bertz CT molecular complexity index is 567. The van der Waals surface area contributed by atoms with Crippen LogP contribution in [0.15, 0.2) is 54.6 Å². The number of aliphatic hydroxyl groups is 1. The van der Waals surface area contributed by atoms with Crippen molar-refractivity contribution in [2.45, 2.75) is 6.54 Å². The number of benzene rings is 2. The van der Waals surface area contributed by atoms with Gasteiger partial charge in [-0.15, -0.1) is 0 Å². The Morgan fingerprint density at radius 2 is 1.76 bits per heavy atom. The maximum atomic E-state index is 12.5. The van der Waals surface area contributed by atoms with Crippen molar-refractivity contribution in [3.63, 3.8) is 0 Å². The molecule has 0 aliphatic carbocycles. The highest BCUT2D eigenvalue weighted by Gasteiger charge is 2.15. The van der Waals surface area contributed by atoms with E-state index >= 15 is 0 Å². The fourth-order valence-corrected chi connectivity index (χ4v) is 2.14. The lowest BCUT2D eigenvalue weighted by atomic mass is 10.1. The van der Waals surface area contributed by atoms with Gasteiger partial charge in [-0.25, -0.2) is 0 Å². The molecule has 2 rings (SSSR count). The van der Waals surface area contributed by atoms with Gasteiger partial charge >= 0.3 is 0 Å². The van der Waals surface area contributed by atoms with Crippen molar-refractivity contribution in [3.05, 3.63) is 65.7 Å². The van der Waals surface area contributed by atoms with Crippen LogP contribution in [0.3, 0.4) is 0 Å². The van der Waals surface area contributed by atoms with E-state index in [2.05, 4.69) is 5.32 Å². The molecule has 0 aliphatic heterocycles. The van der Waals surface area contributed by atoms with Crippen LogP contribution in [-0.4, -0.2) is 36.1 Å². The Morgan fingerprint density at radius 3 is 2.33 bits per heavy atom. The summed E-state index contributed by atoms with van der Waals surface area (Å²) in [6.45, 7) is 0.767. The molecule has 2 aromatic carbocycles. The molecule has 21 heavy (non-hydrogen) atoms. The summed E-state index contributed by atoms with van der Waals surface area (Å²) in [6, 6.07) is 17.1. The Balaban J connectivity index is 2.14. The van der Waals surface area contributed by atoms with E-state index in [1.807, 2.05) is 49.5 Å². The lowest BCUT2D eigenvalue weighted by molar-refractivity contribution is 0.0708. The molecule has 2 N–H and O–H groups in total. The van der Waals surface area contributed by atoms with Crippen molar-refractivity contribution >= 4 is 11.6 Å². The molecule has 0 spiro atoms. The summed E-state index contributed by atoms with van der Waals surface area (Å²) in [5.41, 5.74) is 2.63. The van der Waals surface area contributed by atoms with Crippen molar-refractivity contribution in [2.24, 2.45) is 0 Å². The third-order valence-electron chi connectivity index (χ3n) is 3.29. The first kappa shape index (κ1) is 15.1. The molecule has 4 heteroatoms. The molecule has 4 nitrogen and oxygen atoms in total. The fourth-order valence-electron chi connectivity index (χ4n) is 2.14. The van der Waals surface area contributed by atoms with E-state index in [0.717, 1.165) is 11.3 Å². The van der Waals surface area contributed by atoms with Gasteiger partial charge in [0.15, 0.2) is 0 Å². The SMILES string of the molecule is CNc1ccc(C(=O)N(CCO)Cc2ccccc2)cc1. The van der Waals surface area contributed by atoms with Gasteiger partial charge < -0.3 is 15.3 Å². The third kappa shape index (κ3) is 4.07. The van der Waals surface area contributed by atoms with Gasteiger partial charge in [-0.2, -0.15) is 0 Å². The number of rotatable bonds is 6. The quantitative estimate of drug-likeness (QED) is 0.856. The minimum Gasteiger partial charge on any atom is -0.395 e. The average Bonchev–Trinajstić information content (AvgIpc) is 2.55. The highest BCUT2D eigenvalue weighted by molar-refractivity contribution is 5.94. The predicted molar refractivity (Wildman–Crippen MR) is 84.3 cm³/mol. The monoisotopic (exact) mass is 284 g/mol. The second-order valence-corrected chi connectivity index (χ2v) is 4.76. The topological polar surface area (TPSA) is 52.6 Å². The van der Waals surface area contributed by atoms with Crippen LogP contribution in [0.2, 0.25) is 0 Å². The molecular formula is C17H20N2O2. The minimum absolute atomic E-state index is 0.0484. The molecule has 1 amide bonds. The number of carbonyl (C=O) groups is 1. The number of hydrogen-bond donors (Lipinski definition) is 2. The number of nitrogens with one attached hydrogen (secondary N) is 1. The Hall–Kier alpha value is -2.33. The summed E-state index contributed by atoms with van der Waals surface area (Å²) in [5, 5.41) is 12.2. The normalized spacial score (nSPS) is 10.2. The summed E-state index contributed by atoms with van der Waals surface area (Å²) in [5.74, 6) is -0.0736. The summed E-state index contributed by atoms with van der Waals surface area (Å²) in [4.78, 5) is 14.2. The van der Waals surface area contributed by atoms with Gasteiger partial charge in [-0.3, -0.25) is 4.79 Å². The van der Waals surface area contributed by atoms with Crippen LogP contribution < -0.4 is 5.32 Å². The van der Waals surface area contributed by atoms with Crippen LogP contribution in [0.25, 0.3) is 0 Å². The van der Waals surface area contributed by atoms with Crippen molar-refractivity contribution in [1.29, 1.82) is 0 Å². The maximum absolute atomic E-state index is 12.5. The van der Waals surface area contributed by atoms with Gasteiger partial charge in [0.1, 0.15) is 0 Å². The van der Waals surface area contributed by atoms with Crippen LogP contribution >= 0.6 is 0 Å². The molecule has 0 saturated heterocycles. The second kappa shape index (κ2) is 7.45. The zero-order valence-corrected chi connectivity index (χ0v) is 12.1. The van der Waals surface area contributed by atoms with Crippen LogP contribution in [-0.2, 0) is 6.54 Å². The number of hydrogen-bond acceptors (Lipinski definition) is 3. The van der Waals surface area contributed by atoms with Gasteiger partial charge in [0.2, 0.25) is 0 Å². The fraction of sp³-hybridized carbons (Fsp3) is 0.235. The lowest BCUT2D eigenvalue weighted by Crippen LogP contribution is -2.33. The standard InChI is InChI=1S/C17H20N2O2/c1-18-16-9-7-15(8-10-16)17(21)19(11-12-20)13-14-5-3-2-4-6-14/h2-10,18,20H,11-13H2,1H3. The number of nitrogens with zero attached hydrogens (tertiary/aromatic N) is 1. The molecule has 0 unspecified atom stereocenters. The zero-order chi connectivity index (χ0) is 15.1. The molecule has 0 aliphatic rings. The average molecular weight is 284 g/mol. The predicted octanol–water partition coefficient (Wildman–Crippen LogP) is 2.36. The van der Waals surface area contributed by atoms with E-state index in [0.29, 0.717) is 18.7 Å². The number of aliphatic hydroxyl groups excluding tert-OH is 1. The van der Waals surface area contributed by atoms with E-state index in [1.54, 1.807) is 17.0 Å². The highest BCUT2D eigenvalue weighted by Crippen LogP contribution is 2.13. The number of amides is 1. The molecule has 0 atom stereocenters. The van der Waals surface area contributed by atoms with Crippen LogP contribution in [0, 0.1) is 0 Å². The zero-order valence-electron chi connectivity index (χ0n) is 12.1. The van der Waals surface area contributed by atoms with E-state index in [4.69, 9.17) is 0 Å². The van der Waals surface area contributed by atoms with E-state index in [9.17, 15) is 9.90 Å². The van der Waals surface area contributed by atoms with Gasteiger partial charge in [-0.1, -0.05) is 30.3 Å². The summed E-state index contributed by atoms with van der Waals surface area (Å²) >= 11 is 0. The lowest BCUT2D eigenvalue weighted by Gasteiger charge is -2.22. The number of anilines is 1. The van der Waals surface area contributed by atoms with Crippen molar-refractivity contribution < 1.29 is 9.90 Å². The molecule has 0 saturated carbocycles. The molecule has 0 bridgehead atoms. The van der Waals surface area contributed by atoms with E-state index in [-0.39, 0.29) is 12.5 Å². The highest BCUT2D eigenvalue weighted by atomic mass is 16.3. The molecule has 0 radical (unpaired) electrons. The Kier molecular flexibility index (Phi) is 5.35. The summed E-state index contributed by atoms with van der Waals surface area (Å²) in [6.07, 6.45) is 0. The van der Waals surface area contributed by atoms with Gasteiger partial charge in [-0.05, 0) is 29.8 Å².